The Labute approximate surface area is 116 Å². The van der Waals surface area contributed by atoms with Gasteiger partial charge in [0.25, 0.3) is 0 Å². The van der Waals surface area contributed by atoms with E-state index in [1.54, 1.807) is 35.9 Å². The fourth-order valence-electron chi connectivity index (χ4n) is 1.87. The Balaban J connectivity index is 2.33. The third kappa shape index (κ3) is 2.52. The molecule has 1 aromatic carbocycles. The van der Waals surface area contributed by atoms with Crippen molar-refractivity contribution >= 4 is 5.97 Å². The summed E-state index contributed by atoms with van der Waals surface area (Å²) in [6.45, 7) is 4.04. The molecular weight excluding hydrogens is 256 g/mol. The Morgan fingerprint density at radius 1 is 1.35 bits per heavy atom. The molecule has 2 aromatic rings. The molecule has 6 heteroatoms. The molecule has 0 saturated heterocycles. The predicted octanol–water partition coefficient (Wildman–Crippen LogP) is 1.88. The number of rotatable bonds is 4. The van der Waals surface area contributed by atoms with E-state index in [1.807, 2.05) is 13.0 Å². The number of ether oxygens (including phenoxy) is 1. The highest BCUT2D eigenvalue weighted by atomic mass is 16.5. The monoisotopic (exact) mass is 270 g/mol. The number of hydrogen-bond donors (Lipinski definition) is 0. The summed E-state index contributed by atoms with van der Waals surface area (Å²) < 4.78 is 6.53. The highest BCUT2D eigenvalue weighted by molar-refractivity contribution is 5.89. The maximum absolute atomic E-state index is 11.6. The molecule has 0 bridgehead atoms. The van der Waals surface area contributed by atoms with Crippen molar-refractivity contribution in [2.45, 2.75) is 20.3 Å². The number of aromatic nitrogens is 3. The predicted molar refractivity (Wildman–Crippen MR) is 71.4 cm³/mol. The minimum absolute atomic E-state index is 0.321. The molecule has 0 N–H and O–H groups in total. The van der Waals surface area contributed by atoms with E-state index in [1.165, 1.54) is 0 Å². The van der Waals surface area contributed by atoms with Gasteiger partial charge in [0.2, 0.25) is 0 Å². The zero-order valence-electron chi connectivity index (χ0n) is 11.3. The minimum atomic E-state index is -0.355. The van der Waals surface area contributed by atoms with Crippen molar-refractivity contribution in [2.24, 2.45) is 0 Å². The molecule has 1 aromatic heterocycles. The Bertz CT molecular complexity index is 653. The zero-order chi connectivity index (χ0) is 14.5. The first-order valence-electron chi connectivity index (χ1n) is 6.33. The van der Waals surface area contributed by atoms with Crippen LogP contribution in [-0.2, 0) is 11.2 Å². The van der Waals surface area contributed by atoms with Gasteiger partial charge in [-0.1, -0.05) is 12.1 Å². The number of carbonyl (C=O) groups excluding carboxylic acids is 1. The van der Waals surface area contributed by atoms with Crippen molar-refractivity contribution in [3.05, 3.63) is 41.2 Å². The topological polar surface area (TPSA) is 80.8 Å². The van der Waals surface area contributed by atoms with Gasteiger partial charge in [0.05, 0.1) is 23.6 Å². The SMILES string of the molecule is CCOC(=O)c1ccc(-n2nnc(C#N)c2CC)cc1. The van der Waals surface area contributed by atoms with E-state index in [0.717, 1.165) is 11.4 Å². The molecule has 0 fully saturated rings. The standard InChI is InChI=1S/C14H14N4O2/c1-3-13-12(9-15)16-17-18(13)11-7-5-10(6-8-11)14(19)20-4-2/h5-8H,3-4H2,1-2H3. The fraction of sp³-hybridized carbons (Fsp3) is 0.286. The highest BCUT2D eigenvalue weighted by Crippen LogP contribution is 2.14. The summed E-state index contributed by atoms with van der Waals surface area (Å²) in [6, 6.07) is 8.85. The molecule has 0 unspecified atom stereocenters. The molecule has 0 aliphatic carbocycles. The van der Waals surface area contributed by atoms with Crippen LogP contribution in [0.2, 0.25) is 0 Å². The van der Waals surface area contributed by atoms with Crippen LogP contribution in [0.1, 0.15) is 35.6 Å². The molecule has 0 saturated carbocycles. The van der Waals surface area contributed by atoms with Crippen molar-refractivity contribution in [3.63, 3.8) is 0 Å². The van der Waals surface area contributed by atoms with Crippen molar-refractivity contribution in [1.82, 2.24) is 15.0 Å². The van der Waals surface area contributed by atoms with Crippen molar-refractivity contribution in [1.29, 1.82) is 5.26 Å². The van der Waals surface area contributed by atoms with Crippen LogP contribution in [-0.4, -0.2) is 27.6 Å². The number of benzene rings is 1. The Kier molecular flexibility index (Phi) is 4.11. The van der Waals surface area contributed by atoms with Crippen LogP contribution in [0, 0.1) is 11.3 Å². The summed E-state index contributed by atoms with van der Waals surface area (Å²) >= 11 is 0. The molecule has 0 aliphatic rings. The summed E-state index contributed by atoms with van der Waals surface area (Å²) in [4.78, 5) is 11.6. The second kappa shape index (κ2) is 5.97. The van der Waals surface area contributed by atoms with Gasteiger partial charge in [0.1, 0.15) is 6.07 Å². The Hall–Kier alpha value is -2.68. The van der Waals surface area contributed by atoms with Crippen LogP contribution < -0.4 is 0 Å². The van der Waals surface area contributed by atoms with Crippen molar-refractivity contribution in [3.8, 4) is 11.8 Å². The number of esters is 1. The van der Waals surface area contributed by atoms with Crippen LogP contribution >= 0.6 is 0 Å². The van der Waals surface area contributed by atoms with Gasteiger partial charge in [0, 0.05) is 0 Å². The van der Waals surface area contributed by atoms with Crippen LogP contribution in [0.4, 0.5) is 0 Å². The zero-order valence-corrected chi connectivity index (χ0v) is 11.3. The number of nitrogens with zero attached hydrogens (tertiary/aromatic N) is 4. The minimum Gasteiger partial charge on any atom is -0.462 e. The van der Waals surface area contributed by atoms with E-state index in [-0.39, 0.29) is 5.97 Å². The molecule has 2 rings (SSSR count). The van der Waals surface area contributed by atoms with E-state index in [0.29, 0.717) is 24.3 Å². The first kappa shape index (κ1) is 13.7. The number of nitriles is 1. The van der Waals surface area contributed by atoms with Crippen molar-refractivity contribution < 1.29 is 9.53 Å². The lowest BCUT2D eigenvalue weighted by Crippen LogP contribution is -2.06. The van der Waals surface area contributed by atoms with E-state index in [2.05, 4.69) is 10.3 Å². The van der Waals surface area contributed by atoms with E-state index >= 15 is 0 Å². The molecule has 0 amide bonds. The van der Waals surface area contributed by atoms with Crippen LogP contribution in [0.25, 0.3) is 5.69 Å². The molecule has 0 spiro atoms. The molecule has 0 aliphatic heterocycles. The van der Waals surface area contributed by atoms with E-state index in [4.69, 9.17) is 10.00 Å². The summed E-state index contributed by atoms with van der Waals surface area (Å²) in [5.74, 6) is -0.355. The van der Waals surface area contributed by atoms with Gasteiger partial charge < -0.3 is 4.74 Å². The van der Waals surface area contributed by atoms with Gasteiger partial charge in [-0.05, 0) is 37.6 Å². The van der Waals surface area contributed by atoms with Gasteiger partial charge in [-0.15, -0.1) is 5.10 Å². The van der Waals surface area contributed by atoms with Gasteiger partial charge in [-0.3, -0.25) is 0 Å². The first-order chi connectivity index (χ1) is 9.71. The maximum atomic E-state index is 11.6. The van der Waals surface area contributed by atoms with Crippen LogP contribution in [0.15, 0.2) is 24.3 Å². The molecular formula is C14H14N4O2. The molecule has 1 heterocycles. The smallest absolute Gasteiger partial charge is 0.338 e. The number of hydrogen-bond acceptors (Lipinski definition) is 5. The number of carbonyl (C=O) groups is 1. The average Bonchev–Trinajstić information content (AvgIpc) is 2.90. The first-order valence-corrected chi connectivity index (χ1v) is 6.33. The maximum Gasteiger partial charge on any atom is 0.338 e. The second-order valence-corrected chi connectivity index (χ2v) is 4.03. The average molecular weight is 270 g/mol. The molecule has 20 heavy (non-hydrogen) atoms. The van der Waals surface area contributed by atoms with Gasteiger partial charge >= 0.3 is 5.97 Å². The molecule has 0 atom stereocenters. The van der Waals surface area contributed by atoms with Crippen molar-refractivity contribution in [2.75, 3.05) is 6.61 Å². The summed E-state index contributed by atoms with van der Waals surface area (Å²) in [5.41, 5.74) is 2.30. The second-order valence-electron chi connectivity index (χ2n) is 4.03. The lowest BCUT2D eigenvalue weighted by molar-refractivity contribution is 0.0526. The summed E-state index contributed by atoms with van der Waals surface area (Å²) in [5, 5.41) is 16.8. The van der Waals surface area contributed by atoms with Crippen LogP contribution in [0.5, 0.6) is 0 Å². The van der Waals surface area contributed by atoms with Gasteiger partial charge in [-0.2, -0.15) is 5.26 Å². The third-order valence-corrected chi connectivity index (χ3v) is 2.83. The molecule has 102 valence electrons. The lowest BCUT2D eigenvalue weighted by Gasteiger charge is -2.06. The Morgan fingerprint density at radius 3 is 2.60 bits per heavy atom. The Morgan fingerprint density at radius 2 is 2.05 bits per heavy atom. The normalized spacial score (nSPS) is 10.1. The fourth-order valence-corrected chi connectivity index (χ4v) is 1.87. The van der Waals surface area contributed by atoms with Crippen LogP contribution in [0.3, 0.4) is 0 Å². The summed E-state index contributed by atoms with van der Waals surface area (Å²) in [7, 11) is 0. The van der Waals surface area contributed by atoms with Gasteiger partial charge in [0.15, 0.2) is 5.69 Å². The van der Waals surface area contributed by atoms with E-state index < -0.39 is 0 Å². The summed E-state index contributed by atoms with van der Waals surface area (Å²) in [6.07, 6.45) is 0.648. The van der Waals surface area contributed by atoms with E-state index in [9.17, 15) is 4.79 Å². The third-order valence-electron chi connectivity index (χ3n) is 2.83. The van der Waals surface area contributed by atoms with Gasteiger partial charge in [-0.25, -0.2) is 9.48 Å². The highest BCUT2D eigenvalue weighted by Gasteiger charge is 2.13. The largest absolute Gasteiger partial charge is 0.462 e. The molecule has 0 radical (unpaired) electrons. The lowest BCUT2D eigenvalue weighted by atomic mass is 10.2. The quantitative estimate of drug-likeness (QED) is 0.792. The molecule has 6 nitrogen and oxygen atoms in total.